The molecule has 70 valence electrons. The average Bonchev–Trinajstić information content (AvgIpc) is 2.06. The number of rotatable bonds is 3. The van der Waals surface area contributed by atoms with Crippen molar-refractivity contribution in [1.29, 1.82) is 0 Å². The Morgan fingerprint density at radius 1 is 1.09 bits per heavy atom. The van der Waals surface area contributed by atoms with Crippen molar-refractivity contribution in [3.05, 3.63) is 12.8 Å². The van der Waals surface area contributed by atoms with Crippen LogP contribution in [0.5, 0.6) is 0 Å². The zero-order valence-corrected chi connectivity index (χ0v) is 8.69. The van der Waals surface area contributed by atoms with Gasteiger partial charge in [0, 0.05) is 0 Å². The molecule has 0 aliphatic heterocycles. The number of unbranched alkanes of at least 4 members (excludes halogenated alkanes) is 3. The molecule has 0 unspecified atom stereocenters. The van der Waals surface area contributed by atoms with Crippen LogP contribution in [0.4, 0.5) is 0 Å². The lowest BCUT2D eigenvalue weighted by Gasteiger charge is -1.86. The summed E-state index contributed by atoms with van der Waals surface area (Å²) in [6.45, 7) is 11.6. The standard InChI is InChI=1S/C6H14.C2H5N.C2H6/c1-3-5-6-4-2;1-2-3;1-2/h3-6H2,1-2H3;2H,1,3H2;1-2H3. The maximum Gasteiger partial charge on any atom is -0.0136 e. The van der Waals surface area contributed by atoms with E-state index in [0.29, 0.717) is 0 Å². The molecular weight excluding hydrogens is 134 g/mol. The van der Waals surface area contributed by atoms with Crippen LogP contribution in [0, 0.1) is 0 Å². The highest BCUT2D eigenvalue weighted by molar-refractivity contribution is 4.48. The van der Waals surface area contributed by atoms with Crippen molar-refractivity contribution in [3.8, 4) is 0 Å². The van der Waals surface area contributed by atoms with Gasteiger partial charge in [-0.1, -0.05) is 60.0 Å². The second-order valence-corrected chi connectivity index (χ2v) is 1.94. The van der Waals surface area contributed by atoms with E-state index in [4.69, 9.17) is 0 Å². The monoisotopic (exact) mass is 159 g/mol. The Bertz CT molecular complexity index is 38.1. The first-order chi connectivity index (χ1) is 5.33. The van der Waals surface area contributed by atoms with Gasteiger partial charge in [0.15, 0.2) is 0 Å². The van der Waals surface area contributed by atoms with Gasteiger partial charge >= 0.3 is 0 Å². The predicted octanol–water partition coefficient (Wildman–Crippen LogP) is 3.70. The summed E-state index contributed by atoms with van der Waals surface area (Å²) in [6.07, 6.45) is 6.79. The van der Waals surface area contributed by atoms with Crippen molar-refractivity contribution in [2.45, 2.75) is 53.4 Å². The van der Waals surface area contributed by atoms with Crippen molar-refractivity contribution in [3.63, 3.8) is 0 Å². The molecule has 1 heteroatoms. The fourth-order valence-electron chi connectivity index (χ4n) is 0.500. The third-order valence-corrected chi connectivity index (χ3v) is 0.957. The minimum Gasteiger partial charge on any atom is -0.405 e. The first-order valence-electron chi connectivity index (χ1n) is 4.66. The van der Waals surface area contributed by atoms with Gasteiger partial charge in [-0.2, -0.15) is 0 Å². The van der Waals surface area contributed by atoms with Crippen LogP contribution in [-0.2, 0) is 0 Å². The van der Waals surface area contributed by atoms with Crippen LogP contribution in [-0.4, -0.2) is 0 Å². The molecule has 0 saturated heterocycles. The maximum atomic E-state index is 4.61. The second kappa shape index (κ2) is 33.8. The lowest BCUT2D eigenvalue weighted by Crippen LogP contribution is -1.67. The van der Waals surface area contributed by atoms with E-state index in [-0.39, 0.29) is 0 Å². The summed E-state index contributed by atoms with van der Waals surface area (Å²) < 4.78 is 0. The molecule has 0 bridgehead atoms. The highest BCUT2D eigenvalue weighted by atomic mass is 14.5. The maximum absolute atomic E-state index is 4.61. The van der Waals surface area contributed by atoms with Gasteiger partial charge in [0.2, 0.25) is 0 Å². The molecule has 0 aliphatic carbocycles. The molecule has 11 heavy (non-hydrogen) atoms. The number of nitrogens with two attached hydrogens (primary N) is 1. The van der Waals surface area contributed by atoms with Crippen LogP contribution in [0.25, 0.3) is 0 Å². The summed E-state index contributed by atoms with van der Waals surface area (Å²) in [5.41, 5.74) is 4.61. The molecular formula is C10H25N. The minimum absolute atomic E-state index is 1.25. The molecule has 0 aromatic rings. The average molecular weight is 159 g/mol. The van der Waals surface area contributed by atoms with Gasteiger partial charge in [0.05, 0.1) is 0 Å². The molecule has 0 atom stereocenters. The second-order valence-electron chi connectivity index (χ2n) is 1.94. The predicted molar refractivity (Wildman–Crippen MR) is 55.5 cm³/mol. The van der Waals surface area contributed by atoms with Crippen LogP contribution in [0.15, 0.2) is 12.8 Å². The summed E-state index contributed by atoms with van der Waals surface area (Å²) >= 11 is 0. The van der Waals surface area contributed by atoms with Gasteiger partial charge in [-0.25, -0.2) is 0 Å². The summed E-state index contributed by atoms with van der Waals surface area (Å²) in [5, 5.41) is 0. The van der Waals surface area contributed by atoms with Crippen molar-refractivity contribution in [1.82, 2.24) is 0 Å². The summed E-state index contributed by atoms with van der Waals surface area (Å²) in [7, 11) is 0. The third-order valence-electron chi connectivity index (χ3n) is 0.957. The lowest BCUT2D eigenvalue weighted by atomic mass is 10.2. The Morgan fingerprint density at radius 3 is 1.36 bits per heavy atom. The van der Waals surface area contributed by atoms with Gasteiger partial charge in [-0.15, -0.1) is 0 Å². The largest absolute Gasteiger partial charge is 0.405 e. The van der Waals surface area contributed by atoms with E-state index in [1.165, 1.54) is 31.9 Å². The van der Waals surface area contributed by atoms with Crippen molar-refractivity contribution >= 4 is 0 Å². The normalized spacial score (nSPS) is 6.55. The first-order valence-corrected chi connectivity index (χ1v) is 4.66. The van der Waals surface area contributed by atoms with Crippen LogP contribution >= 0.6 is 0 Å². The quantitative estimate of drug-likeness (QED) is 0.624. The zero-order valence-electron chi connectivity index (χ0n) is 8.69. The first kappa shape index (κ1) is 16.9. The molecule has 0 aromatic carbocycles. The molecule has 2 N–H and O–H groups in total. The van der Waals surface area contributed by atoms with Gasteiger partial charge < -0.3 is 5.73 Å². The van der Waals surface area contributed by atoms with E-state index in [1.54, 1.807) is 0 Å². The molecule has 1 nitrogen and oxygen atoms in total. The molecule has 0 radical (unpaired) electrons. The Balaban J connectivity index is -0.000000109. The van der Waals surface area contributed by atoms with E-state index in [1.807, 2.05) is 13.8 Å². The SMILES string of the molecule is C=CN.CC.CCCCCC. The summed E-state index contributed by atoms with van der Waals surface area (Å²) in [6, 6.07) is 0. The van der Waals surface area contributed by atoms with Crippen LogP contribution in [0.1, 0.15) is 53.4 Å². The van der Waals surface area contributed by atoms with E-state index in [2.05, 4.69) is 26.2 Å². The molecule has 0 saturated carbocycles. The van der Waals surface area contributed by atoms with Gasteiger partial charge in [0.1, 0.15) is 0 Å². The van der Waals surface area contributed by atoms with Gasteiger partial charge in [0.25, 0.3) is 0 Å². The smallest absolute Gasteiger partial charge is 0.0136 e. The Kier molecular flexibility index (Phi) is 51.8. The molecule has 0 aromatic heterocycles. The highest BCUT2D eigenvalue weighted by Crippen LogP contribution is 1.95. The molecule has 0 rings (SSSR count). The molecule has 0 heterocycles. The van der Waals surface area contributed by atoms with Crippen molar-refractivity contribution < 1.29 is 0 Å². The van der Waals surface area contributed by atoms with Crippen molar-refractivity contribution in [2.75, 3.05) is 0 Å². The molecule has 0 aliphatic rings. The minimum atomic E-state index is 1.25. The Labute approximate surface area is 72.7 Å². The van der Waals surface area contributed by atoms with E-state index in [0.717, 1.165) is 0 Å². The Morgan fingerprint density at radius 2 is 1.27 bits per heavy atom. The number of hydrogen-bond donors (Lipinski definition) is 1. The number of hydrogen-bond acceptors (Lipinski definition) is 1. The third kappa shape index (κ3) is 84.1. The summed E-state index contributed by atoms with van der Waals surface area (Å²) in [5.74, 6) is 0. The molecule has 0 fully saturated rings. The highest BCUT2D eigenvalue weighted by Gasteiger charge is 1.75. The van der Waals surface area contributed by atoms with E-state index < -0.39 is 0 Å². The van der Waals surface area contributed by atoms with Gasteiger partial charge in [-0.3, -0.25) is 0 Å². The summed E-state index contributed by atoms with van der Waals surface area (Å²) in [4.78, 5) is 0. The topological polar surface area (TPSA) is 26.0 Å². The van der Waals surface area contributed by atoms with Crippen molar-refractivity contribution in [2.24, 2.45) is 5.73 Å². The van der Waals surface area contributed by atoms with Crippen LogP contribution in [0.3, 0.4) is 0 Å². The molecule has 0 amide bonds. The van der Waals surface area contributed by atoms with E-state index >= 15 is 0 Å². The zero-order chi connectivity index (χ0) is 9.54. The van der Waals surface area contributed by atoms with Crippen LogP contribution in [0.2, 0.25) is 0 Å². The Hall–Kier alpha value is -0.460. The van der Waals surface area contributed by atoms with E-state index in [9.17, 15) is 0 Å². The molecule has 0 spiro atoms. The fraction of sp³-hybridized carbons (Fsp3) is 0.800. The van der Waals surface area contributed by atoms with Crippen LogP contribution < -0.4 is 5.73 Å². The fourth-order valence-corrected chi connectivity index (χ4v) is 0.500. The lowest BCUT2D eigenvalue weighted by molar-refractivity contribution is 0.702. The van der Waals surface area contributed by atoms with Gasteiger partial charge in [-0.05, 0) is 6.20 Å².